The highest BCUT2D eigenvalue weighted by molar-refractivity contribution is 6.29. The highest BCUT2D eigenvalue weighted by Gasteiger charge is 2.09. The molecule has 1 aromatic heterocycles. The van der Waals surface area contributed by atoms with Crippen LogP contribution in [0.1, 0.15) is 5.56 Å². The molecule has 2 aromatic carbocycles. The summed E-state index contributed by atoms with van der Waals surface area (Å²) in [5.74, 6) is 0. The number of hydrogen-bond donors (Lipinski definition) is 1. The topological polar surface area (TPSA) is 53.6 Å². The van der Waals surface area contributed by atoms with E-state index in [1.165, 1.54) is 0 Å². The van der Waals surface area contributed by atoms with Gasteiger partial charge in [-0.3, -0.25) is 0 Å². The second kappa shape index (κ2) is 4.87. The van der Waals surface area contributed by atoms with E-state index in [0.29, 0.717) is 10.8 Å². The molecule has 0 saturated heterocycles. The molecule has 3 aromatic rings. The van der Waals surface area contributed by atoms with Gasteiger partial charge in [0.05, 0.1) is 28.4 Å². The van der Waals surface area contributed by atoms with Gasteiger partial charge in [-0.05, 0) is 48.0 Å². The van der Waals surface area contributed by atoms with Crippen LogP contribution in [0, 0.1) is 11.3 Å². The molecule has 98 valence electrons. The molecule has 1 N–H and O–H groups in total. The maximum Gasteiger partial charge on any atom is 0.203 e. The number of nitriles is 1. The Morgan fingerprint density at radius 1 is 1.20 bits per heavy atom. The third-order valence-corrected chi connectivity index (χ3v) is 3.47. The molecule has 0 unspecified atom stereocenters. The molecular formula is C15H11ClN4. The largest absolute Gasteiger partial charge is 0.354 e. The van der Waals surface area contributed by atoms with Gasteiger partial charge >= 0.3 is 0 Å². The summed E-state index contributed by atoms with van der Waals surface area (Å²) in [6, 6.07) is 15.2. The molecule has 0 amide bonds. The molecule has 0 aliphatic heterocycles. The fourth-order valence-corrected chi connectivity index (χ4v) is 2.30. The Labute approximate surface area is 121 Å². The lowest BCUT2D eigenvalue weighted by Crippen LogP contribution is -1.95. The SMILES string of the molecule is Cn1c(Cl)nc2cccc(Nc3ccc(C#N)cc3)c21. The van der Waals surface area contributed by atoms with Crippen LogP contribution < -0.4 is 5.32 Å². The summed E-state index contributed by atoms with van der Waals surface area (Å²) < 4.78 is 1.84. The van der Waals surface area contributed by atoms with E-state index in [0.717, 1.165) is 22.4 Å². The van der Waals surface area contributed by atoms with E-state index in [2.05, 4.69) is 16.4 Å². The van der Waals surface area contributed by atoms with Gasteiger partial charge in [0.1, 0.15) is 0 Å². The Kier molecular flexibility index (Phi) is 3.05. The van der Waals surface area contributed by atoms with Crippen LogP contribution in [0.5, 0.6) is 0 Å². The Hall–Kier alpha value is -2.51. The minimum Gasteiger partial charge on any atom is -0.354 e. The zero-order valence-corrected chi connectivity index (χ0v) is 11.5. The van der Waals surface area contributed by atoms with Gasteiger partial charge in [0.25, 0.3) is 0 Å². The number of anilines is 2. The van der Waals surface area contributed by atoms with E-state index < -0.39 is 0 Å². The van der Waals surface area contributed by atoms with Gasteiger partial charge in [0.2, 0.25) is 5.28 Å². The minimum atomic E-state index is 0.453. The monoisotopic (exact) mass is 282 g/mol. The lowest BCUT2D eigenvalue weighted by atomic mass is 10.2. The zero-order valence-electron chi connectivity index (χ0n) is 10.8. The molecule has 0 atom stereocenters. The molecule has 0 saturated carbocycles. The number of rotatable bonds is 2. The van der Waals surface area contributed by atoms with Crippen molar-refractivity contribution < 1.29 is 0 Å². The first-order valence-electron chi connectivity index (χ1n) is 6.07. The molecule has 0 spiro atoms. The number of aromatic nitrogens is 2. The molecular weight excluding hydrogens is 272 g/mol. The second-order valence-corrected chi connectivity index (χ2v) is 4.77. The normalized spacial score (nSPS) is 10.4. The average Bonchev–Trinajstić information content (AvgIpc) is 2.76. The quantitative estimate of drug-likeness (QED) is 0.777. The standard InChI is InChI=1S/C15H11ClN4/c1-20-14-12(3-2-4-13(14)19-15(20)16)18-11-7-5-10(9-17)6-8-11/h2-8,18H,1H3. The summed E-state index contributed by atoms with van der Waals surface area (Å²) in [4.78, 5) is 4.29. The molecule has 0 aliphatic rings. The number of para-hydroxylation sites is 1. The van der Waals surface area contributed by atoms with Crippen molar-refractivity contribution in [3.05, 3.63) is 53.3 Å². The lowest BCUT2D eigenvalue weighted by Gasteiger charge is -2.09. The Balaban J connectivity index is 2.04. The maximum atomic E-state index is 8.80. The van der Waals surface area contributed by atoms with Crippen molar-refractivity contribution in [2.45, 2.75) is 0 Å². The van der Waals surface area contributed by atoms with E-state index in [1.54, 1.807) is 12.1 Å². The van der Waals surface area contributed by atoms with Crippen LogP contribution in [0.15, 0.2) is 42.5 Å². The molecule has 0 aliphatic carbocycles. The minimum absolute atomic E-state index is 0.453. The van der Waals surface area contributed by atoms with E-state index >= 15 is 0 Å². The molecule has 1 heterocycles. The van der Waals surface area contributed by atoms with Gasteiger partial charge in [0, 0.05) is 12.7 Å². The Morgan fingerprint density at radius 2 is 1.95 bits per heavy atom. The summed E-state index contributed by atoms with van der Waals surface area (Å²) in [5, 5.41) is 12.6. The van der Waals surface area contributed by atoms with Crippen LogP contribution in [0.3, 0.4) is 0 Å². The summed E-state index contributed by atoms with van der Waals surface area (Å²) in [6.07, 6.45) is 0. The van der Waals surface area contributed by atoms with Crippen molar-refractivity contribution >= 4 is 34.0 Å². The van der Waals surface area contributed by atoms with Crippen LogP contribution in [0.25, 0.3) is 11.0 Å². The van der Waals surface area contributed by atoms with Gasteiger partial charge in [-0.1, -0.05) is 6.07 Å². The van der Waals surface area contributed by atoms with E-state index in [4.69, 9.17) is 16.9 Å². The fraction of sp³-hybridized carbons (Fsp3) is 0.0667. The van der Waals surface area contributed by atoms with Crippen molar-refractivity contribution in [2.24, 2.45) is 7.05 Å². The van der Waals surface area contributed by atoms with Crippen molar-refractivity contribution in [3.63, 3.8) is 0 Å². The summed E-state index contributed by atoms with van der Waals surface area (Å²) in [7, 11) is 1.88. The number of benzene rings is 2. The first-order valence-corrected chi connectivity index (χ1v) is 6.45. The number of aryl methyl sites for hydroxylation is 1. The number of nitrogens with one attached hydrogen (secondary N) is 1. The van der Waals surface area contributed by atoms with Crippen LogP contribution >= 0.6 is 11.6 Å². The highest BCUT2D eigenvalue weighted by Crippen LogP contribution is 2.28. The van der Waals surface area contributed by atoms with E-state index in [9.17, 15) is 0 Å². The molecule has 0 radical (unpaired) electrons. The van der Waals surface area contributed by atoms with Crippen molar-refractivity contribution in [2.75, 3.05) is 5.32 Å². The Bertz CT molecular complexity index is 812. The van der Waals surface area contributed by atoms with Crippen LogP contribution in [-0.4, -0.2) is 9.55 Å². The number of fused-ring (bicyclic) bond motifs is 1. The molecule has 20 heavy (non-hydrogen) atoms. The van der Waals surface area contributed by atoms with Crippen molar-refractivity contribution in [3.8, 4) is 6.07 Å². The maximum absolute atomic E-state index is 8.80. The first kappa shape index (κ1) is 12.5. The first-order chi connectivity index (χ1) is 9.69. The van der Waals surface area contributed by atoms with Crippen LogP contribution in [0.4, 0.5) is 11.4 Å². The number of hydrogen-bond acceptors (Lipinski definition) is 3. The van der Waals surface area contributed by atoms with Gasteiger partial charge in [-0.25, -0.2) is 4.98 Å². The molecule has 4 nitrogen and oxygen atoms in total. The summed E-state index contributed by atoms with van der Waals surface area (Å²) in [6.45, 7) is 0. The van der Waals surface area contributed by atoms with Crippen LogP contribution in [0.2, 0.25) is 5.28 Å². The Morgan fingerprint density at radius 3 is 2.65 bits per heavy atom. The third kappa shape index (κ3) is 2.09. The highest BCUT2D eigenvalue weighted by atomic mass is 35.5. The average molecular weight is 283 g/mol. The second-order valence-electron chi connectivity index (χ2n) is 4.43. The number of halogens is 1. The predicted octanol–water partition coefficient (Wildman–Crippen LogP) is 3.84. The van der Waals surface area contributed by atoms with Gasteiger partial charge < -0.3 is 9.88 Å². The fourth-order valence-electron chi connectivity index (χ4n) is 2.13. The van der Waals surface area contributed by atoms with Gasteiger partial charge in [0.15, 0.2) is 0 Å². The van der Waals surface area contributed by atoms with E-state index in [-0.39, 0.29) is 0 Å². The van der Waals surface area contributed by atoms with Crippen molar-refractivity contribution in [1.82, 2.24) is 9.55 Å². The summed E-state index contributed by atoms with van der Waals surface area (Å²) in [5.41, 5.74) is 4.26. The molecule has 3 rings (SSSR count). The van der Waals surface area contributed by atoms with E-state index in [1.807, 2.05) is 41.9 Å². The predicted molar refractivity (Wildman–Crippen MR) is 80.2 cm³/mol. The summed E-state index contributed by atoms with van der Waals surface area (Å²) >= 11 is 6.05. The third-order valence-electron chi connectivity index (χ3n) is 3.13. The van der Waals surface area contributed by atoms with Crippen molar-refractivity contribution in [1.29, 1.82) is 5.26 Å². The lowest BCUT2D eigenvalue weighted by molar-refractivity contribution is 0.949. The molecule has 0 fully saturated rings. The zero-order chi connectivity index (χ0) is 14.1. The number of nitrogens with zero attached hydrogens (tertiary/aromatic N) is 3. The number of imidazole rings is 1. The van der Waals surface area contributed by atoms with Gasteiger partial charge in [-0.2, -0.15) is 5.26 Å². The smallest absolute Gasteiger partial charge is 0.203 e. The van der Waals surface area contributed by atoms with Crippen LogP contribution in [-0.2, 0) is 7.05 Å². The molecule has 5 heteroatoms. The molecule has 0 bridgehead atoms. The van der Waals surface area contributed by atoms with Gasteiger partial charge in [-0.15, -0.1) is 0 Å².